The second-order valence-electron chi connectivity index (χ2n) is 4.14. The van der Waals surface area contributed by atoms with Crippen LogP contribution in [0, 0.1) is 0 Å². The first kappa shape index (κ1) is 11.3. The molecule has 15 heavy (non-hydrogen) atoms. The second kappa shape index (κ2) is 3.69. The minimum Gasteiger partial charge on any atom is -0.455 e. The van der Waals surface area contributed by atoms with Gasteiger partial charge in [-0.1, -0.05) is 15.9 Å². The van der Waals surface area contributed by atoms with Gasteiger partial charge in [-0.25, -0.2) is 4.79 Å². The molecule has 0 spiro atoms. The monoisotopic (exact) mass is 280 g/mol. The minimum atomic E-state index is -0.793. The van der Waals surface area contributed by atoms with E-state index in [2.05, 4.69) is 15.9 Å². The Kier molecular flexibility index (Phi) is 2.79. The zero-order valence-corrected chi connectivity index (χ0v) is 10.1. The van der Waals surface area contributed by atoms with Gasteiger partial charge in [0.2, 0.25) is 0 Å². The van der Waals surface area contributed by atoms with Crippen LogP contribution in [0.3, 0.4) is 0 Å². The van der Waals surface area contributed by atoms with Crippen molar-refractivity contribution in [2.45, 2.75) is 44.1 Å². The number of aliphatic hydroxyl groups excluding tert-OH is 1. The van der Waals surface area contributed by atoms with Crippen molar-refractivity contribution in [1.82, 2.24) is 0 Å². The molecule has 0 unspecified atom stereocenters. The van der Waals surface area contributed by atoms with Crippen LogP contribution in [0.5, 0.6) is 0 Å². The fraction of sp³-hybridized carbons (Fsp3) is 0.889. The molecule has 5 nitrogen and oxygen atoms in total. The molecule has 1 N–H and O–H groups in total. The summed E-state index contributed by atoms with van der Waals surface area (Å²) in [5.41, 5.74) is 0. The fourth-order valence-electron chi connectivity index (χ4n) is 1.87. The van der Waals surface area contributed by atoms with Crippen molar-refractivity contribution < 1.29 is 24.1 Å². The number of aliphatic hydroxyl groups is 1. The Morgan fingerprint density at radius 3 is 2.80 bits per heavy atom. The zero-order valence-electron chi connectivity index (χ0n) is 8.47. The Bertz CT molecular complexity index is 280. The predicted octanol–water partition coefficient (Wildman–Crippen LogP) is 0.188. The number of hydrogen-bond donors (Lipinski definition) is 1. The third kappa shape index (κ3) is 1.91. The third-order valence-corrected chi connectivity index (χ3v) is 3.14. The summed E-state index contributed by atoms with van der Waals surface area (Å²) >= 11 is 3.13. The van der Waals surface area contributed by atoms with E-state index in [4.69, 9.17) is 14.2 Å². The summed E-state index contributed by atoms with van der Waals surface area (Å²) in [4.78, 5) is 11.4. The first-order chi connectivity index (χ1) is 6.94. The molecule has 0 aromatic heterocycles. The molecule has 2 aliphatic heterocycles. The van der Waals surface area contributed by atoms with Crippen LogP contribution in [0.15, 0.2) is 0 Å². The van der Waals surface area contributed by atoms with E-state index in [9.17, 15) is 9.90 Å². The molecule has 0 aromatic carbocycles. The van der Waals surface area contributed by atoms with Crippen molar-refractivity contribution in [2.75, 3.05) is 5.33 Å². The number of carbonyl (C=O) groups is 1. The van der Waals surface area contributed by atoms with E-state index < -0.39 is 36.2 Å². The summed E-state index contributed by atoms with van der Waals surface area (Å²) < 4.78 is 15.9. The molecule has 0 bridgehead atoms. The predicted molar refractivity (Wildman–Crippen MR) is 53.5 cm³/mol. The Labute approximate surface area is 95.8 Å². The highest BCUT2D eigenvalue weighted by atomic mass is 79.9. The van der Waals surface area contributed by atoms with Crippen LogP contribution in [0.2, 0.25) is 0 Å². The minimum absolute atomic E-state index is 0.331. The third-order valence-electron chi connectivity index (χ3n) is 2.47. The van der Waals surface area contributed by atoms with Crippen LogP contribution in [-0.4, -0.2) is 46.6 Å². The van der Waals surface area contributed by atoms with Crippen LogP contribution in [0.25, 0.3) is 0 Å². The van der Waals surface area contributed by atoms with Crippen molar-refractivity contribution in [3.63, 3.8) is 0 Å². The average molecular weight is 281 g/mol. The van der Waals surface area contributed by atoms with Crippen molar-refractivity contribution in [2.24, 2.45) is 0 Å². The van der Waals surface area contributed by atoms with E-state index in [-0.39, 0.29) is 0 Å². The molecule has 0 saturated carbocycles. The van der Waals surface area contributed by atoms with Gasteiger partial charge in [0.25, 0.3) is 0 Å². The van der Waals surface area contributed by atoms with E-state index >= 15 is 0 Å². The highest BCUT2D eigenvalue weighted by molar-refractivity contribution is 9.09. The summed E-state index contributed by atoms with van der Waals surface area (Å²) in [6, 6.07) is 0. The Morgan fingerprint density at radius 2 is 2.20 bits per heavy atom. The number of halogens is 1. The first-order valence-electron chi connectivity index (χ1n) is 4.75. The standard InChI is InChI=1S/C9H13BrO5/c1-9(2)14-6-5(4(11)3-10)13-8(12)7(6)15-9/h4-7,11H,3H2,1-2H3/t4-,5+,6-,7-/m1/s1. The lowest BCUT2D eigenvalue weighted by Gasteiger charge is -2.23. The lowest BCUT2D eigenvalue weighted by molar-refractivity contribution is -0.192. The molecular weight excluding hydrogens is 268 g/mol. The number of hydrogen-bond acceptors (Lipinski definition) is 5. The average Bonchev–Trinajstić information content (AvgIpc) is 2.61. The quantitative estimate of drug-likeness (QED) is 0.578. The number of carbonyl (C=O) groups excluding carboxylic acids is 1. The summed E-state index contributed by atoms with van der Waals surface area (Å²) in [5.74, 6) is -1.26. The zero-order chi connectivity index (χ0) is 11.2. The van der Waals surface area contributed by atoms with Gasteiger partial charge in [0, 0.05) is 5.33 Å². The fourth-order valence-corrected chi connectivity index (χ4v) is 2.23. The number of ether oxygens (including phenoxy) is 3. The van der Waals surface area contributed by atoms with Gasteiger partial charge in [-0.15, -0.1) is 0 Å². The highest BCUT2D eigenvalue weighted by Gasteiger charge is 2.57. The Morgan fingerprint density at radius 1 is 1.53 bits per heavy atom. The number of esters is 1. The molecular formula is C9H13BrO5. The first-order valence-corrected chi connectivity index (χ1v) is 5.87. The summed E-state index contributed by atoms with van der Waals surface area (Å²) in [7, 11) is 0. The molecule has 0 amide bonds. The maximum atomic E-state index is 11.4. The van der Waals surface area contributed by atoms with Gasteiger partial charge in [0.15, 0.2) is 18.0 Å². The van der Waals surface area contributed by atoms with Crippen LogP contribution in [0.1, 0.15) is 13.8 Å². The largest absolute Gasteiger partial charge is 0.455 e. The molecule has 0 aliphatic carbocycles. The molecule has 4 atom stereocenters. The van der Waals surface area contributed by atoms with E-state index in [1.165, 1.54) is 0 Å². The molecule has 2 fully saturated rings. The van der Waals surface area contributed by atoms with E-state index in [1.54, 1.807) is 13.8 Å². The summed E-state index contributed by atoms with van der Waals surface area (Å²) in [5, 5.41) is 9.96. The van der Waals surface area contributed by atoms with Crippen molar-refractivity contribution in [3.05, 3.63) is 0 Å². The normalized spacial score (nSPS) is 40.0. The summed E-state index contributed by atoms with van der Waals surface area (Å²) in [6.45, 7) is 3.46. The maximum Gasteiger partial charge on any atom is 0.338 e. The molecule has 2 saturated heterocycles. The van der Waals surface area contributed by atoms with Gasteiger partial charge >= 0.3 is 5.97 Å². The van der Waals surface area contributed by atoms with Gasteiger partial charge in [0.1, 0.15) is 12.2 Å². The van der Waals surface area contributed by atoms with E-state index in [0.29, 0.717) is 5.33 Å². The maximum absolute atomic E-state index is 11.4. The molecule has 6 heteroatoms. The lowest BCUT2D eigenvalue weighted by Crippen LogP contribution is -2.39. The molecule has 86 valence electrons. The number of cyclic esters (lactones) is 1. The smallest absolute Gasteiger partial charge is 0.338 e. The molecule has 2 rings (SSSR count). The number of rotatable bonds is 2. The number of fused-ring (bicyclic) bond motifs is 1. The van der Waals surface area contributed by atoms with Gasteiger partial charge in [-0.2, -0.15) is 0 Å². The Hall–Kier alpha value is -0.170. The SMILES string of the molecule is CC1(C)O[C@@H]2[C@H]([C@H](O)CBr)OC(=O)[C@@H]2O1. The molecule has 0 radical (unpaired) electrons. The van der Waals surface area contributed by atoms with Gasteiger partial charge in [0.05, 0.1) is 0 Å². The Balaban J connectivity index is 2.16. The van der Waals surface area contributed by atoms with Crippen molar-refractivity contribution in [3.8, 4) is 0 Å². The van der Waals surface area contributed by atoms with Crippen LogP contribution in [0.4, 0.5) is 0 Å². The second-order valence-corrected chi connectivity index (χ2v) is 4.79. The van der Waals surface area contributed by atoms with Gasteiger partial charge in [-0.05, 0) is 13.8 Å². The topological polar surface area (TPSA) is 65.0 Å². The number of alkyl halides is 1. The summed E-state index contributed by atoms with van der Waals surface area (Å²) in [6.07, 6.45) is -2.65. The van der Waals surface area contributed by atoms with Crippen LogP contribution < -0.4 is 0 Å². The van der Waals surface area contributed by atoms with Gasteiger partial charge < -0.3 is 19.3 Å². The van der Waals surface area contributed by atoms with Crippen LogP contribution in [-0.2, 0) is 19.0 Å². The van der Waals surface area contributed by atoms with E-state index in [1.807, 2.05) is 0 Å². The molecule has 2 aliphatic rings. The molecule has 2 heterocycles. The van der Waals surface area contributed by atoms with E-state index in [0.717, 1.165) is 0 Å². The molecule has 0 aromatic rings. The van der Waals surface area contributed by atoms with Crippen molar-refractivity contribution >= 4 is 21.9 Å². The highest BCUT2D eigenvalue weighted by Crippen LogP contribution is 2.37. The van der Waals surface area contributed by atoms with Gasteiger partial charge in [-0.3, -0.25) is 0 Å². The van der Waals surface area contributed by atoms with Crippen LogP contribution >= 0.6 is 15.9 Å². The lowest BCUT2D eigenvalue weighted by atomic mass is 10.1. The van der Waals surface area contributed by atoms with Crippen molar-refractivity contribution in [1.29, 1.82) is 0 Å².